The van der Waals surface area contributed by atoms with Crippen molar-refractivity contribution in [1.29, 1.82) is 0 Å². The van der Waals surface area contributed by atoms with Gasteiger partial charge in [0.25, 0.3) is 0 Å². The summed E-state index contributed by atoms with van der Waals surface area (Å²) in [7, 11) is 0. The zero-order chi connectivity index (χ0) is 25.0. The smallest absolute Gasteiger partial charge is 0.326 e. The summed E-state index contributed by atoms with van der Waals surface area (Å²) in [5, 5.41) is 4.25. The van der Waals surface area contributed by atoms with Gasteiger partial charge in [-0.05, 0) is 90.1 Å². The van der Waals surface area contributed by atoms with Crippen LogP contribution >= 0.6 is 23.2 Å². The molecule has 0 aliphatic heterocycles. The van der Waals surface area contributed by atoms with Crippen molar-refractivity contribution in [2.24, 2.45) is 0 Å². The minimum Gasteiger partial charge on any atom is -0.612 e. The molecule has 3 aromatic rings. The van der Waals surface area contributed by atoms with Gasteiger partial charge in [0.1, 0.15) is 6.26 Å². The highest BCUT2D eigenvalue weighted by atomic mass is 35.5. The minimum atomic E-state index is -1.12. The molecule has 0 spiro atoms. The van der Waals surface area contributed by atoms with Crippen molar-refractivity contribution in [1.82, 2.24) is 0 Å². The van der Waals surface area contributed by atoms with Crippen LogP contribution in [0.4, 0.5) is 21.9 Å². The van der Waals surface area contributed by atoms with Gasteiger partial charge < -0.3 is 15.6 Å². The van der Waals surface area contributed by atoms with Crippen LogP contribution in [0.15, 0.2) is 59.5 Å². The summed E-state index contributed by atoms with van der Waals surface area (Å²) in [6.45, 7) is 5.93. The van der Waals surface area contributed by atoms with E-state index in [-0.39, 0.29) is 12.1 Å². The number of nitrogens with zero attached hydrogens (tertiary/aromatic N) is 1. The quantitative estimate of drug-likeness (QED) is 0.256. The Morgan fingerprint density at radius 2 is 1.65 bits per heavy atom. The van der Waals surface area contributed by atoms with Gasteiger partial charge in [-0.2, -0.15) is 0 Å². The number of halogens is 2. The normalized spacial score (nSPS) is 12.8. The first-order valence-corrected chi connectivity index (χ1v) is 13.4. The summed E-state index contributed by atoms with van der Waals surface area (Å²) in [5.74, 6) is 0. The molecule has 0 heterocycles. The molecular weight excluding hydrogens is 489 g/mol. The molecular formula is C26H29Cl2N3O2S. The number of nitrogens with two attached hydrogens (primary N) is 1. The van der Waals surface area contributed by atoms with Gasteiger partial charge in [0.2, 0.25) is 0 Å². The molecule has 0 bridgehead atoms. The third kappa shape index (κ3) is 5.63. The molecule has 5 nitrogen and oxygen atoms in total. The van der Waals surface area contributed by atoms with E-state index >= 15 is 0 Å². The van der Waals surface area contributed by atoms with Crippen LogP contribution in [-0.2, 0) is 24.0 Å². The zero-order valence-electron chi connectivity index (χ0n) is 19.7. The molecule has 0 aliphatic rings. The monoisotopic (exact) mass is 517 g/mol. The van der Waals surface area contributed by atoms with E-state index < -0.39 is 11.2 Å². The topological polar surface area (TPSA) is 81.4 Å². The van der Waals surface area contributed by atoms with E-state index in [1.54, 1.807) is 53.6 Å². The molecule has 3 aromatic carbocycles. The predicted molar refractivity (Wildman–Crippen MR) is 145 cm³/mol. The van der Waals surface area contributed by atoms with Crippen molar-refractivity contribution in [3.8, 4) is 0 Å². The molecule has 3 rings (SSSR count). The van der Waals surface area contributed by atoms with Crippen LogP contribution in [0.25, 0.3) is 0 Å². The van der Waals surface area contributed by atoms with Gasteiger partial charge in [-0.3, -0.25) is 4.90 Å². The average molecular weight is 519 g/mol. The van der Waals surface area contributed by atoms with Gasteiger partial charge >= 0.3 is 6.03 Å². The van der Waals surface area contributed by atoms with E-state index in [4.69, 9.17) is 28.9 Å². The van der Waals surface area contributed by atoms with Crippen molar-refractivity contribution in [2.45, 2.75) is 44.6 Å². The number of hydrogen-bond acceptors (Lipinski definition) is 3. The second kappa shape index (κ2) is 11.4. The van der Waals surface area contributed by atoms with Crippen LogP contribution < -0.4 is 16.0 Å². The van der Waals surface area contributed by atoms with Gasteiger partial charge in [-0.1, -0.05) is 49.2 Å². The van der Waals surface area contributed by atoms with Crippen molar-refractivity contribution in [2.75, 3.05) is 22.2 Å². The molecule has 8 heteroatoms. The van der Waals surface area contributed by atoms with Crippen LogP contribution in [0.1, 0.15) is 43.5 Å². The number of carbonyl (C=O) groups is 1. The van der Waals surface area contributed by atoms with E-state index in [0.29, 0.717) is 44.8 Å². The van der Waals surface area contributed by atoms with E-state index in [1.807, 2.05) is 32.9 Å². The molecule has 0 fully saturated rings. The maximum atomic E-state index is 13.8. The lowest BCUT2D eigenvalue weighted by Crippen LogP contribution is -2.37. The standard InChI is InChI=1S/C26H29Cl2N3O2S/c1-5-21-23(28)15-24(29)22(6-2)25(21)30-26(32)31(16(3)17-7-9-18(27)10-8-17)19-11-13-20(14-12-19)34(4)33/h7-16H,5-6,29H2,1-4H3,(H,30,32). The number of urea groups is 1. The molecule has 2 atom stereocenters. The Balaban J connectivity index is 2.08. The summed E-state index contributed by atoms with van der Waals surface area (Å²) < 4.78 is 11.9. The third-order valence-electron chi connectivity index (χ3n) is 5.87. The lowest BCUT2D eigenvalue weighted by molar-refractivity contribution is 0.255. The van der Waals surface area contributed by atoms with Crippen LogP contribution in [0.5, 0.6) is 0 Å². The summed E-state index contributed by atoms with van der Waals surface area (Å²) in [6.07, 6.45) is 2.92. The highest BCUT2D eigenvalue weighted by Gasteiger charge is 2.26. The Hall–Kier alpha value is -2.38. The summed E-state index contributed by atoms with van der Waals surface area (Å²) in [5.41, 5.74) is 10.7. The molecule has 0 aliphatic carbocycles. The number of anilines is 3. The highest BCUT2D eigenvalue weighted by Crippen LogP contribution is 2.36. The van der Waals surface area contributed by atoms with Crippen LogP contribution in [0.2, 0.25) is 10.0 Å². The third-order valence-corrected chi connectivity index (χ3v) is 7.39. The Kier molecular flexibility index (Phi) is 8.77. The fourth-order valence-corrected chi connectivity index (χ4v) is 5.00. The van der Waals surface area contributed by atoms with Gasteiger partial charge in [-0.25, -0.2) is 4.79 Å². The lowest BCUT2D eigenvalue weighted by atomic mass is 10.0. The number of amides is 2. The summed E-state index contributed by atoms with van der Waals surface area (Å²) in [6, 6.07) is 15.6. The van der Waals surface area contributed by atoms with Crippen molar-refractivity contribution in [3.63, 3.8) is 0 Å². The number of hydrogen-bond donors (Lipinski definition) is 2. The van der Waals surface area contributed by atoms with Crippen LogP contribution in [0, 0.1) is 0 Å². The molecule has 0 aromatic heterocycles. The fraction of sp³-hybridized carbons (Fsp3) is 0.269. The van der Waals surface area contributed by atoms with Gasteiger partial charge in [0.05, 0.1) is 11.7 Å². The lowest BCUT2D eigenvalue weighted by Gasteiger charge is -2.31. The number of nitrogen functional groups attached to an aromatic ring is 1. The Labute approximate surface area is 214 Å². The zero-order valence-corrected chi connectivity index (χ0v) is 22.0. The second-order valence-corrected chi connectivity index (χ2v) is 10.2. The summed E-state index contributed by atoms with van der Waals surface area (Å²) in [4.78, 5) is 16.2. The van der Waals surface area contributed by atoms with E-state index in [2.05, 4.69) is 5.32 Å². The minimum absolute atomic E-state index is 0.318. The molecule has 0 radical (unpaired) electrons. The number of nitrogens with one attached hydrogen (secondary N) is 1. The molecule has 0 saturated heterocycles. The van der Waals surface area contributed by atoms with Gasteiger partial charge in [0, 0.05) is 21.4 Å². The summed E-state index contributed by atoms with van der Waals surface area (Å²) >= 11 is 11.4. The number of carbonyl (C=O) groups excluding carboxylic acids is 1. The molecule has 0 saturated carbocycles. The Morgan fingerprint density at radius 3 is 2.18 bits per heavy atom. The van der Waals surface area contributed by atoms with Crippen molar-refractivity contribution in [3.05, 3.63) is 81.3 Å². The number of benzene rings is 3. The highest BCUT2D eigenvalue weighted by molar-refractivity contribution is 7.90. The largest absolute Gasteiger partial charge is 0.612 e. The van der Waals surface area contributed by atoms with E-state index in [9.17, 15) is 9.35 Å². The Bertz CT molecular complexity index is 1120. The fourth-order valence-electron chi connectivity index (χ4n) is 4.01. The second-order valence-electron chi connectivity index (χ2n) is 7.96. The molecule has 2 unspecified atom stereocenters. The molecule has 34 heavy (non-hydrogen) atoms. The predicted octanol–water partition coefficient (Wildman–Crippen LogP) is 7.24. The Morgan fingerprint density at radius 1 is 1.06 bits per heavy atom. The van der Waals surface area contributed by atoms with Crippen molar-refractivity contribution >= 4 is 57.5 Å². The maximum Gasteiger partial charge on any atom is 0.326 e. The molecule has 3 N–H and O–H groups in total. The van der Waals surface area contributed by atoms with Crippen LogP contribution in [0.3, 0.4) is 0 Å². The molecule has 2 amide bonds. The van der Waals surface area contributed by atoms with Gasteiger partial charge in [-0.15, -0.1) is 0 Å². The first-order chi connectivity index (χ1) is 16.2. The SMILES string of the molecule is CCc1c(N)cc(Cl)c(CC)c1NC(=O)N(c1ccc([S+](C)[O-])cc1)C(C)c1ccc(Cl)cc1. The van der Waals surface area contributed by atoms with E-state index in [1.165, 1.54) is 0 Å². The van der Waals surface area contributed by atoms with Crippen LogP contribution in [-0.4, -0.2) is 16.8 Å². The first kappa shape index (κ1) is 26.2. The van der Waals surface area contributed by atoms with E-state index in [0.717, 1.165) is 16.7 Å². The maximum absolute atomic E-state index is 13.8. The van der Waals surface area contributed by atoms with Gasteiger partial charge in [0.15, 0.2) is 4.90 Å². The first-order valence-electron chi connectivity index (χ1n) is 11.1. The van der Waals surface area contributed by atoms with Crippen molar-refractivity contribution < 1.29 is 9.35 Å². The number of rotatable bonds is 7. The molecule has 180 valence electrons. The average Bonchev–Trinajstić information content (AvgIpc) is 2.80.